The monoisotopic (exact) mass is 263 g/mol. The number of hydrogen-bond acceptors (Lipinski definition) is 4. The van der Waals surface area contributed by atoms with Gasteiger partial charge in [0.25, 0.3) is 12.6 Å². The van der Waals surface area contributed by atoms with Crippen molar-refractivity contribution in [1.29, 1.82) is 0 Å². The second-order valence-electron chi connectivity index (χ2n) is 3.04. The number of rotatable bonds is 5. The van der Waals surface area contributed by atoms with Gasteiger partial charge in [-0.15, -0.1) is 0 Å². The zero-order valence-electron chi connectivity index (χ0n) is 8.22. The van der Waals surface area contributed by atoms with E-state index in [-0.39, 0.29) is 18.3 Å². The van der Waals surface area contributed by atoms with Gasteiger partial charge in [0.1, 0.15) is 5.75 Å². The molecule has 0 spiro atoms. The molecule has 1 rings (SSSR count). The molecule has 6 nitrogen and oxygen atoms in total. The highest BCUT2D eigenvalue weighted by Crippen LogP contribution is 2.28. The first-order valence-electron chi connectivity index (χ1n) is 4.30. The van der Waals surface area contributed by atoms with E-state index in [1.807, 2.05) is 0 Å². The Balaban J connectivity index is 2.86. The minimum Gasteiger partial charge on any atom is -0.508 e. The maximum Gasteiger partial charge on any atom is 0.527 e. The van der Waals surface area contributed by atoms with Crippen molar-refractivity contribution in [3.63, 3.8) is 0 Å². The highest BCUT2D eigenvalue weighted by atomic mass is 31.1. The van der Waals surface area contributed by atoms with Gasteiger partial charge < -0.3 is 5.11 Å². The van der Waals surface area contributed by atoms with Crippen LogP contribution in [0.3, 0.4) is 0 Å². The summed E-state index contributed by atoms with van der Waals surface area (Å²) in [5.74, 6) is 0.0606. The third-order valence-electron chi connectivity index (χ3n) is 1.80. The van der Waals surface area contributed by atoms with E-state index in [9.17, 15) is 9.13 Å². The van der Waals surface area contributed by atoms with E-state index in [2.05, 4.69) is 0 Å². The molecular weight excluding hydrogens is 252 g/mol. The topological polar surface area (TPSA) is 98.1 Å². The van der Waals surface area contributed by atoms with E-state index in [0.29, 0.717) is 5.69 Å². The number of benzene rings is 1. The van der Waals surface area contributed by atoms with E-state index < -0.39 is 16.1 Å². The van der Waals surface area contributed by atoms with Gasteiger partial charge in [-0.2, -0.15) is 9.79 Å². The SMILES string of the molecule is O=[P+](O)CN(C[P+](=O)O)c1ccc(O)cc1. The molecule has 2 atom stereocenters. The summed E-state index contributed by atoms with van der Waals surface area (Å²) in [5.41, 5.74) is 0.507. The van der Waals surface area contributed by atoms with Gasteiger partial charge in [-0.25, -0.2) is 0 Å². The van der Waals surface area contributed by atoms with Crippen molar-refractivity contribution in [1.82, 2.24) is 0 Å². The summed E-state index contributed by atoms with van der Waals surface area (Å²) < 4.78 is 21.4. The quantitative estimate of drug-likeness (QED) is 0.698. The predicted octanol–water partition coefficient (Wildman–Crippen LogP) is 1.58. The molecule has 0 saturated carbocycles. The van der Waals surface area contributed by atoms with Crippen LogP contribution in [0.4, 0.5) is 5.69 Å². The summed E-state index contributed by atoms with van der Waals surface area (Å²) in [6.45, 7) is 0. The van der Waals surface area contributed by atoms with Crippen LogP contribution in [0.1, 0.15) is 0 Å². The minimum absolute atomic E-state index is 0.0606. The van der Waals surface area contributed by atoms with Gasteiger partial charge in [0.05, 0.1) is 0 Å². The first-order chi connectivity index (χ1) is 7.49. The Morgan fingerprint density at radius 1 is 1.00 bits per heavy atom. The molecule has 0 aliphatic carbocycles. The number of aromatic hydroxyl groups is 1. The van der Waals surface area contributed by atoms with Crippen LogP contribution >= 0.6 is 16.1 Å². The van der Waals surface area contributed by atoms with Crippen LogP contribution in [0, 0.1) is 0 Å². The third-order valence-corrected chi connectivity index (χ3v) is 2.97. The van der Waals surface area contributed by atoms with Crippen molar-refractivity contribution in [3.8, 4) is 5.75 Å². The zero-order valence-corrected chi connectivity index (χ0v) is 10.0. The summed E-state index contributed by atoms with van der Waals surface area (Å²) in [7, 11) is -4.86. The molecule has 2 unspecified atom stereocenters. The van der Waals surface area contributed by atoms with Crippen molar-refractivity contribution in [2.75, 3.05) is 17.5 Å². The van der Waals surface area contributed by atoms with Crippen LogP contribution in [0.15, 0.2) is 24.3 Å². The summed E-state index contributed by atoms with van der Waals surface area (Å²) >= 11 is 0. The average Bonchev–Trinajstić information content (AvgIpc) is 2.16. The molecule has 0 aliphatic rings. The highest BCUT2D eigenvalue weighted by molar-refractivity contribution is 7.39. The molecule has 16 heavy (non-hydrogen) atoms. The average molecular weight is 263 g/mol. The van der Waals surface area contributed by atoms with E-state index in [1.165, 1.54) is 29.2 Å². The molecular formula is C8H11NO5P2+2. The Kier molecular flexibility index (Phi) is 4.77. The van der Waals surface area contributed by atoms with Crippen LogP contribution in [-0.4, -0.2) is 27.5 Å². The lowest BCUT2D eigenvalue weighted by Gasteiger charge is -2.12. The lowest BCUT2D eigenvalue weighted by atomic mass is 10.3. The predicted molar refractivity (Wildman–Crippen MR) is 60.0 cm³/mol. The van der Waals surface area contributed by atoms with E-state index in [1.54, 1.807) is 0 Å². The fourth-order valence-electron chi connectivity index (χ4n) is 1.16. The fourth-order valence-corrected chi connectivity index (χ4v) is 2.43. The summed E-state index contributed by atoms with van der Waals surface area (Å²) in [6.07, 6.45) is -0.441. The summed E-state index contributed by atoms with van der Waals surface area (Å²) in [4.78, 5) is 18.9. The molecule has 1 aromatic rings. The molecule has 0 aromatic heterocycles. The molecule has 0 radical (unpaired) electrons. The van der Waals surface area contributed by atoms with Gasteiger partial charge in [0, 0.05) is 5.69 Å². The molecule has 8 heteroatoms. The Hall–Kier alpha value is -1.06. The lowest BCUT2D eigenvalue weighted by molar-refractivity contribution is 0.475. The van der Waals surface area contributed by atoms with Crippen LogP contribution in [0.2, 0.25) is 0 Å². The van der Waals surface area contributed by atoms with Crippen molar-refractivity contribution in [2.45, 2.75) is 0 Å². The van der Waals surface area contributed by atoms with Crippen LogP contribution in [-0.2, 0) is 9.13 Å². The second kappa shape index (κ2) is 5.87. The second-order valence-corrected chi connectivity index (χ2v) is 5.02. The van der Waals surface area contributed by atoms with E-state index in [0.717, 1.165) is 0 Å². The highest BCUT2D eigenvalue weighted by Gasteiger charge is 2.26. The van der Waals surface area contributed by atoms with Gasteiger partial charge in [-0.3, -0.25) is 4.90 Å². The molecule has 1 aromatic carbocycles. The fraction of sp³-hybridized carbons (Fsp3) is 0.250. The van der Waals surface area contributed by atoms with Crippen molar-refractivity contribution in [3.05, 3.63) is 24.3 Å². The van der Waals surface area contributed by atoms with Crippen LogP contribution in [0.5, 0.6) is 5.75 Å². The maximum absolute atomic E-state index is 10.7. The number of hydrogen-bond donors (Lipinski definition) is 3. The lowest BCUT2D eigenvalue weighted by Crippen LogP contribution is -2.21. The van der Waals surface area contributed by atoms with Crippen molar-refractivity contribution in [2.24, 2.45) is 0 Å². The van der Waals surface area contributed by atoms with E-state index >= 15 is 0 Å². The molecule has 86 valence electrons. The molecule has 0 amide bonds. The number of phenols is 1. The van der Waals surface area contributed by atoms with Gasteiger partial charge in [-0.05, 0) is 33.4 Å². The number of phenolic OH excluding ortho intramolecular Hbond substituents is 1. The first-order valence-corrected chi connectivity index (χ1v) is 7.09. The van der Waals surface area contributed by atoms with Gasteiger partial charge in [-0.1, -0.05) is 0 Å². The standard InChI is InChI=1S/C8H9NO5P2/c10-8-3-1-7(2-4-8)9(5-15(11)12)6-16(13)14/h1-4H,5-6H2,(H-2,10,11,12,13,14)/p+2. The van der Waals surface area contributed by atoms with Crippen molar-refractivity contribution >= 4 is 21.7 Å². The van der Waals surface area contributed by atoms with E-state index in [4.69, 9.17) is 14.9 Å². The van der Waals surface area contributed by atoms with Gasteiger partial charge in [0.2, 0.25) is 0 Å². The molecule has 0 aliphatic heterocycles. The molecule has 0 bridgehead atoms. The Bertz CT molecular complexity index is 378. The molecule has 0 saturated heterocycles. The van der Waals surface area contributed by atoms with Gasteiger partial charge in [0.15, 0.2) is 0 Å². The Morgan fingerprint density at radius 2 is 1.44 bits per heavy atom. The smallest absolute Gasteiger partial charge is 0.508 e. The van der Waals surface area contributed by atoms with Crippen molar-refractivity contribution < 1.29 is 24.0 Å². The Labute approximate surface area is 93.9 Å². The molecule has 0 fully saturated rings. The first kappa shape index (κ1) is 13.0. The zero-order chi connectivity index (χ0) is 12.1. The summed E-state index contributed by atoms with van der Waals surface area (Å²) in [6, 6.07) is 5.81. The minimum atomic E-state index is -2.43. The largest absolute Gasteiger partial charge is 0.527 e. The van der Waals surface area contributed by atoms with Crippen LogP contribution in [0.25, 0.3) is 0 Å². The molecule has 3 N–H and O–H groups in total. The number of anilines is 1. The maximum atomic E-state index is 10.7. The van der Waals surface area contributed by atoms with Gasteiger partial charge >= 0.3 is 16.1 Å². The normalized spacial score (nSPS) is 12.1. The Morgan fingerprint density at radius 3 is 1.81 bits per heavy atom. The summed E-state index contributed by atoms with van der Waals surface area (Å²) in [5, 5.41) is 9.07. The third kappa shape index (κ3) is 4.21. The molecule has 0 heterocycles. The van der Waals surface area contributed by atoms with Crippen LogP contribution < -0.4 is 4.90 Å². The number of nitrogens with zero attached hydrogens (tertiary/aromatic N) is 1.